The second-order valence-electron chi connectivity index (χ2n) is 5.01. The van der Waals surface area contributed by atoms with Gasteiger partial charge < -0.3 is 5.32 Å². The third-order valence-corrected chi connectivity index (χ3v) is 5.23. The third kappa shape index (κ3) is 4.33. The largest absolute Gasteiger partial charge is 0.356 e. The van der Waals surface area contributed by atoms with E-state index in [2.05, 4.69) is 15.5 Å². The molecule has 0 bridgehead atoms. The predicted molar refractivity (Wildman–Crippen MR) is 95.6 cm³/mol. The molecule has 0 radical (unpaired) electrons. The van der Waals surface area contributed by atoms with Gasteiger partial charge >= 0.3 is 0 Å². The van der Waals surface area contributed by atoms with E-state index >= 15 is 0 Å². The first kappa shape index (κ1) is 17.8. The summed E-state index contributed by atoms with van der Waals surface area (Å²) in [7, 11) is 0. The van der Waals surface area contributed by atoms with E-state index in [9.17, 15) is 14.5 Å². The van der Waals surface area contributed by atoms with Crippen molar-refractivity contribution in [1.82, 2.24) is 10.2 Å². The summed E-state index contributed by atoms with van der Waals surface area (Å²) in [6.07, 6.45) is 0. The van der Waals surface area contributed by atoms with Crippen molar-refractivity contribution in [1.29, 1.82) is 5.26 Å². The topological polar surface area (TPSA) is 105 Å². The van der Waals surface area contributed by atoms with E-state index in [0.29, 0.717) is 26.5 Å². The monoisotopic (exact) mass is 387 g/mol. The normalized spacial score (nSPS) is 10.3. The lowest BCUT2D eigenvalue weighted by Gasteiger charge is -2.02. The molecule has 2 aromatic carbocycles. The second kappa shape index (κ2) is 7.90. The highest BCUT2D eigenvalue weighted by atomic mass is 32.2. The number of nitrogens with one attached hydrogen (secondary N) is 1. The number of nitrogens with zero attached hydrogens (tertiary/aromatic N) is 4. The molecule has 26 heavy (non-hydrogen) atoms. The molecular formula is C16H10FN5O2S2. The van der Waals surface area contributed by atoms with Crippen LogP contribution in [0.5, 0.6) is 0 Å². The van der Waals surface area contributed by atoms with Crippen molar-refractivity contribution >= 4 is 33.9 Å². The Bertz CT molecular complexity index is 985. The molecule has 130 valence electrons. The SMILES string of the molecule is N#Cc1ccc([N+](=O)[O-])c(Sc2nnc(NCc3ccc(F)cc3)s2)c1. The molecule has 0 atom stereocenters. The zero-order chi connectivity index (χ0) is 18.5. The van der Waals surface area contributed by atoms with Crippen LogP contribution in [0, 0.1) is 27.3 Å². The lowest BCUT2D eigenvalue weighted by atomic mass is 10.2. The van der Waals surface area contributed by atoms with E-state index in [0.717, 1.165) is 17.3 Å². The van der Waals surface area contributed by atoms with Gasteiger partial charge in [0.25, 0.3) is 5.69 Å². The average molecular weight is 387 g/mol. The Morgan fingerprint density at radius 3 is 2.73 bits per heavy atom. The van der Waals surface area contributed by atoms with E-state index in [1.165, 1.54) is 41.7 Å². The first-order valence-electron chi connectivity index (χ1n) is 7.23. The van der Waals surface area contributed by atoms with Gasteiger partial charge in [0.1, 0.15) is 5.82 Å². The van der Waals surface area contributed by atoms with Gasteiger partial charge in [-0.15, -0.1) is 10.2 Å². The van der Waals surface area contributed by atoms with Gasteiger partial charge in [-0.1, -0.05) is 23.5 Å². The highest BCUT2D eigenvalue weighted by Gasteiger charge is 2.17. The molecule has 3 rings (SSSR count). The Labute approximate surface area is 155 Å². The minimum Gasteiger partial charge on any atom is -0.356 e. The fourth-order valence-corrected chi connectivity index (χ4v) is 3.86. The van der Waals surface area contributed by atoms with E-state index in [1.54, 1.807) is 12.1 Å². The van der Waals surface area contributed by atoms with Crippen molar-refractivity contribution in [3.8, 4) is 6.07 Å². The lowest BCUT2D eigenvalue weighted by molar-refractivity contribution is -0.387. The van der Waals surface area contributed by atoms with Crippen molar-refractivity contribution < 1.29 is 9.31 Å². The highest BCUT2D eigenvalue weighted by Crippen LogP contribution is 2.37. The van der Waals surface area contributed by atoms with E-state index in [-0.39, 0.29) is 11.5 Å². The Morgan fingerprint density at radius 2 is 2.04 bits per heavy atom. The molecule has 0 spiro atoms. The Balaban J connectivity index is 1.71. The summed E-state index contributed by atoms with van der Waals surface area (Å²) in [5, 5.41) is 31.7. The summed E-state index contributed by atoms with van der Waals surface area (Å²) in [5.74, 6) is -0.301. The van der Waals surface area contributed by atoms with E-state index in [1.807, 2.05) is 6.07 Å². The van der Waals surface area contributed by atoms with Gasteiger partial charge in [-0.05, 0) is 41.6 Å². The van der Waals surface area contributed by atoms with Crippen molar-refractivity contribution in [2.24, 2.45) is 0 Å². The Morgan fingerprint density at radius 1 is 1.27 bits per heavy atom. The molecule has 0 saturated heterocycles. The molecule has 1 N–H and O–H groups in total. The van der Waals surface area contributed by atoms with Gasteiger partial charge in [-0.3, -0.25) is 10.1 Å². The molecule has 7 nitrogen and oxygen atoms in total. The molecule has 0 aliphatic rings. The molecular weight excluding hydrogens is 377 g/mol. The average Bonchev–Trinajstić information content (AvgIpc) is 3.08. The highest BCUT2D eigenvalue weighted by molar-refractivity contribution is 8.01. The molecule has 10 heteroatoms. The minimum absolute atomic E-state index is 0.0926. The van der Waals surface area contributed by atoms with Crippen LogP contribution in [0.3, 0.4) is 0 Å². The van der Waals surface area contributed by atoms with Crippen LogP contribution < -0.4 is 5.32 Å². The summed E-state index contributed by atoms with van der Waals surface area (Å²) in [4.78, 5) is 11.0. The molecule has 0 aliphatic heterocycles. The zero-order valence-corrected chi connectivity index (χ0v) is 14.7. The van der Waals surface area contributed by atoms with Gasteiger partial charge in [0.2, 0.25) is 5.13 Å². The second-order valence-corrected chi connectivity index (χ2v) is 7.27. The number of benzene rings is 2. The summed E-state index contributed by atoms with van der Waals surface area (Å²) >= 11 is 2.31. The van der Waals surface area contributed by atoms with Gasteiger partial charge in [0.15, 0.2) is 4.34 Å². The Kier molecular flexibility index (Phi) is 5.40. The fourth-order valence-electron chi connectivity index (χ4n) is 2.01. The molecule has 0 amide bonds. The third-order valence-electron chi connectivity index (χ3n) is 3.25. The first-order valence-corrected chi connectivity index (χ1v) is 8.86. The van der Waals surface area contributed by atoms with Crippen LogP contribution in [-0.2, 0) is 6.54 Å². The summed E-state index contributed by atoms with van der Waals surface area (Å²) < 4.78 is 13.4. The van der Waals surface area contributed by atoms with Crippen LogP contribution in [0.1, 0.15) is 11.1 Å². The summed E-state index contributed by atoms with van der Waals surface area (Å²) in [5.41, 5.74) is 1.12. The number of rotatable bonds is 6. The van der Waals surface area contributed by atoms with Crippen LogP contribution in [0.25, 0.3) is 0 Å². The zero-order valence-electron chi connectivity index (χ0n) is 13.0. The van der Waals surface area contributed by atoms with Gasteiger partial charge in [0.05, 0.1) is 21.5 Å². The van der Waals surface area contributed by atoms with Crippen LogP contribution in [0.4, 0.5) is 15.2 Å². The molecule has 1 heterocycles. The fraction of sp³-hybridized carbons (Fsp3) is 0.0625. The molecule has 0 saturated carbocycles. The van der Waals surface area contributed by atoms with Gasteiger partial charge in [-0.2, -0.15) is 5.26 Å². The quantitative estimate of drug-likeness (QED) is 0.499. The summed E-state index contributed by atoms with van der Waals surface area (Å²) in [6, 6.07) is 12.2. The van der Waals surface area contributed by atoms with Crippen LogP contribution in [-0.4, -0.2) is 15.1 Å². The minimum atomic E-state index is -0.502. The van der Waals surface area contributed by atoms with Crippen molar-refractivity contribution in [3.05, 3.63) is 69.5 Å². The smallest absolute Gasteiger partial charge is 0.283 e. The molecule has 1 aromatic heterocycles. The maximum Gasteiger partial charge on any atom is 0.283 e. The van der Waals surface area contributed by atoms with Crippen molar-refractivity contribution in [2.45, 2.75) is 15.8 Å². The van der Waals surface area contributed by atoms with E-state index in [4.69, 9.17) is 5.26 Å². The van der Waals surface area contributed by atoms with Crippen LogP contribution >= 0.6 is 23.1 Å². The standard InChI is InChI=1S/C16H10FN5O2S2/c17-12-4-1-10(2-5-12)9-19-15-20-21-16(26-15)25-14-7-11(8-18)3-6-13(14)22(23)24/h1-7H,9H2,(H,19,20). The first-order chi connectivity index (χ1) is 12.5. The van der Waals surface area contributed by atoms with Gasteiger partial charge in [0, 0.05) is 12.6 Å². The van der Waals surface area contributed by atoms with Crippen LogP contribution in [0.15, 0.2) is 51.7 Å². The Hall–Kier alpha value is -3.03. The number of hydrogen-bond acceptors (Lipinski definition) is 8. The number of hydrogen-bond donors (Lipinski definition) is 1. The number of aromatic nitrogens is 2. The molecule has 3 aromatic rings. The molecule has 0 unspecified atom stereocenters. The maximum atomic E-state index is 12.9. The van der Waals surface area contributed by atoms with Gasteiger partial charge in [-0.25, -0.2) is 4.39 Å². The summed E-state index contributed by atoms with van der Waals surface area (Å²) in [6.45, 7) is 0.448. The number of nitriles is 1. The van der Waals surface area contributed by atoms with E-state index < -0.39 is 4.92 Å². The lowest BCUT2D eigenvalue weighted by Crippen LogP contribution is -1.98. The number of halogens is 1. The maximum absolute atomic E-state index is 12.9. The number of anilines is 1. The molecule has 0 aliphatic carbocycles. The van der Waals surface area contributed by atoms with Crippen LogP contribution in [0.2, 0.25) is 0 Å². The molecule has 0 fully saturated rings. The predicted octanol–water partition coefficient (Wildman–Crippen LogP) is 4.22. The van der Waals surface area contributed by atoms with Crippen molar-refractivity contribution in [3.63, 3.8) is 0 Å². The number of nitro benzene ring substituents is 1. The van der Waals surface area contributed by atoms with Crippen molar-refractivity contribution in [2.75, 3.05) is 5.32 Å². The number of nitro groups is 1.